The highest BCUT2D eigenvalue weighted by Crippen LogP contribution is 2.35. The zero-order valence-electron chi connectivity index (χ0n) is 23.3. The molecule has 0 spiro atoms. The number of anilines is 1. The van der Waals surface area contributed by atoms with E-state index in [4.69, 9.17) is 9.47 Å². The molecule has 0 aliphatic carbocycles. The average molecular weight is 590 g/mol. The lowest BCUT2D eigenvalue weighted by Gasteiger charge is -2.18. The van der Waals surface area contributed by atoms with Gasteiger partial charge >= 0.3 is 6.18 Å². The molecular formula is C32H30F3N5O3. The highest BCUT2D eigenvalue weighted by atomic mass is 19.4. The number of rotatable bonds is 9. The van der Waals surface area contributed by atoms with Crippen LogP contribution in [0.5, 0.6) is 17.2 Å². The number of aromatic nitrogens is 1. The number of halogens is 3. The molecule has 1 saturated heterocycles. The van der Waals surface area contributed by atoms with E-state index in [-0.39, 0.29) is 17.0 Å². The van der Waals surface area contributed by atoms with Crippen LogP contribution < -0.4 is 20.1 Å². The van der Waals surface area contributed by atoms with Gasteiger partial charge in [0.25, 0.3) is 5.91 Å². The molecule has 6 rings (SSSR count). The van der Waals surface area contributed by atoms with Gasteiger partial charge in [0.15, 0.2) is 0 Å². The molecule has 1 amide bonds. The second kappa shape index (κ2) is 12.3. The third kappa shape index (κ3) is 6.89. The summed E-state index contributed by atoms with van der Waals surface area (Å²) >= 11 is 0. The number of alkyl halides is 3. The number of amidine groups is 1. The molecule has 4 aromatic rings. The van der Waals surface area contributed by atoms with E-state index in [1.54, 1.807) is 42.6 Å². The van der Waals surface area contributed by atoms with Crippen molar-refractivity contribution in [3.8, 4) is 17.2 Å². The van der Waals surface area contributed by atoms with Crippen LogP contribution in [-0.2, 0) is 6.18 Å². The third-order valence-corrected chi connectivity index (χ3v) is 7.38. The Bertz CT molecular complexity index is 1670. The summed E-state index contributed by atoms with van der Waals surface area (Å²) in [5.74, 6) is 1.49. The minimum absolute atomic E-state index is 0.0340. The van der Waals surface area contributed by atoms with E-state index in [0.717, 1.165) is 61.2 Å². The Kier molecular flexibility index (Phi) is 8.15. The number of fused-ring (bicyclic) bond motifs is 1. The highest BCUT2D eigenvalue weighted by molar-refractivity contribution is 6.07. The van der Waals surface area contributed by atoms with Crippen LogP contribution in [0.1, 0.15) is 34.5 Å². The molecule has 1 fully saturated rings. The smallest absolute Gasteiger partial charge is 0.416 e. The highest BCUT2D eigenvalue weighted by Gasteiger charge is 2.31. The lowest BCUT2D eigenvalue weighted by molar-refractivity contribution is -0.137. The number of benzene rings is 3. The number of carbonyl (C=O) groups excluding carboxylic acids is 1. The van der Waals surface area contributed by atoms with Crippen LogP contribution in [-0.4, -0.2) is 61.0 Å². The number of ether oxygens (including phenoxy) is 2. The first-order chi connectivity index (χ1) is 20.8. The lowest BCUT2D eigenvalue weighted by Crippen LogP contribution is -2.25. The van der Waals surface area contributed by atoms with Crippen LogP contribution in [0.3, 0.4) is 0 Å². The first-order valence-corrected chi connectivity index (χ1v) is 14.2. The van der Waals surface area contributed by atoms with Gasteiger partial charge in [-0.1, -0.05) is 12.1 Å². The summed E-state index contributed by atoms with van der Waals surface area (Å²) in [5, 5.41) is 7.42. The quantitative estimate of drug-likeness (QED) is 0.245. The van der Waals surface area contributed by atoms with E-state index in [1.807, 2.05) is 12.1 Å². The maximum absolute atomic E-state index is 13.5. The van der Waals surface area contributed by atoms with Gasteiger partial charge in [0.1, 0.15) is 35.4 Å². The SMILES string of the molecule is O=C(Nc1cc(C(F)(F)F)ccc1OCCN1CCCC1)c1ccc2ccc(Oc3ccnc(C4=NCCN4)c3)cc2c1. The molecule has 8 nitrogen and oxygen atoms in total. The zero-order chi connectivity index (χ0) is 29.8. The lowest BCUT2D eigenvalue weighted by atomic mass is 10.1. The number of likely N-dealkylation sites (tertiary alicyclic amines) is 1. The average Bonchev–Trinajstić information content (AvgIpc) is 3.72. The Hall–Kier alpha value is -4.64. The Morgan fingerprint density at radius 3 is 2.56 bits per heavy atom. The van der Waals surface area contributed by atoms with Crippen molar-refractivity contribution in [1.82, 2.24) is 15.2 Å². The summed E-state index contributed by atoms with van der Waals surface area (Å²) < 4.78 is 52.4. The number of carbonyl (C=O) groups is 1. The van der Waals surface area contributed by atoms with Gasteiger partial charge in [-0.25, -0.2) is 0 Å². The summed E-state index contributed by atoms with van der Waals surface area (Å²) in [4.78, 5) is 24.3. The normalized spacial score (nSPS) is 15.3. The summed E-state index contributed by atoms with van der Waals surface area (Å²) in [7, 11) is 0. The molecule has 2 aliphatic heterocycles. The van der Waals surface area contributed by atoms with Crippen molar-refractivity contribution >= 4 is 28.2 Å². The van der Waals surface area contributed by atoms with Gasteiger partial charge in [-0.05, 0) is 85.2 Å². The second-order valence-electron chi connectivity index (χ2n) is 10.4. The van der Waals surface area contributed by atoms with Crippen molar-refractivity contribution in [3.05, 3.63) is 89.7 Å². The van der Waals surface area contributed by atoms with E-state index >= 15 is 0 Å². The predicted octanol–water partition coefficient (Wildman–Crippen LogP) is 6.12. The van der Waals surface area contributed by atoms with Gasteiger partial charge in [-0.2, -0.15) is 13.2 Å². The van der Waals surface area contributed by atoms with Crippen molar-refractivity contribution in [2.75, 3.05) is 44.6 Å². The number of hydrogen-bond donors (Lipinski definition) is 2. The summed E-state index contributed by atoms with van der Waals surface area (Å²) in [6.07, 6.45) is -0.669. The largest absolute Gasteiger partial charge is 0.490 e. The molecule has 3 aromatic carbocycles. The van der Waals surface area contributed by atoms with Gasteiger partial charge < -0.3 is 20.1 Å². The first kappa shape index (κ1) is 28.5. The molecule has 0 atom stereocenters. The van der Waals surface area contributed by atoms with E-state index in [2.05, 4.69) is 25.5 Å². The Labute approximate surface area is 246 Å². The number of aliphatic imine (C=N–C) groups is 1. The maximum Gasteiger partial charge on any atom is 0.416 e. The zero-order valence-corrected chi connectivity index (χ0v) is 23.3. The van der Waals surface area contributed by atoms with Crippen LogP contribution in [0.2, 0.25) is 0 Å². The fourth-order valence-corrected chi connectivity index (χ4v) is 5.15. The van der Waals surface area contributed by atoms with Crippen molar-refractivity contribution in [2.45, 2.75) is 19.0 Å². The van der Waals surface area contributed by atoms with Gasteiger partial charge in [0.2, 0.25) is 0 Å². The summed E-state index contributed by atoms with van der Waals surface area (Å²) in [6, 6.07) is 17.2. The minimum atomic E-state index is -4.57. The molecule has 0 radical (unpaired) electrons. The molecule has 222 valence electrons. The molecular weight excluding hydrogens is 559 g/mol. The standard InChI is InChI=1S/C32H30F3N5O3/c33-32(34,35)24-6-8-29(42-16-15-40-13-1-2-14-40)27(19-24)39-31(41)22-4-3-21-5-7-25(18-23(21)17-22)43-26-9-10-36-28(20-26)30-37-11-12-38-30/h3-10,17-20H,1-2,11-16H2,(H,37,38)(H,39,41). The number of hydrogen-bond acceptors (Lipinski definition) is 7. The molecule has 0 bridgehead atoms. The second-order valence-corrected chi connectivity index (χ2v) is 10.4. The summed E-state index contributed by atoms with van der Waals surface area (Å²) in [5.41, 5.74) is 0.0589. The van der Waals surface area contributed by atoms with Crippen molar-refractivity contribution in [3.63, 3.8) is 0 Å². The van der Waals surface area contributed by atoms with Gasteiger partial charge in [-0.3, -0.25) is 19.7 Å². The summed E-state index contributed by atoms with van der Waals surface area (Å²) in [6.45, 7) is 4.39. The Balaban J connectivity index is 1.20. The number of nitrogens with zero attached hydrogens (tertiary/aromatic N) is 3. The van der Waals surface area contributed by atoms with E-state index < -0.39 is 17.6 Å². The molecule has 3 heterocycles. The van der Waals surface area contributed by atoms with Crippen LogP contribution in [0.4, 0.5) is 18.9 Å². The topological polar surface area (TPSA) is 88.1 Å². The van der Waals surface area contributed by atoms with Crippen molar-refractivity contribution in [1.29, 1.82) is 0 Å². The van der Waals surface area contributed by atoms with E-state index in [0.29, 0.717) is 36.9 Å². The first-order valence-electron chi connectivity index (χ1n) is 14.2. The molecule has 2 N–H and O–H groups in total. The maximum atomic E-state index is 13.5. The Morgan fingerprint density at radius 1 is 0.953 bits per heavy atom. The van der Waals surface area contributed by atoms with Crippen molar-refractivity contribution in [2.24, 2.45) is 4.99 Å². The predicted molar refractivity (Wildman–Crippen MR) is 158 cm³/mol. The number of pyridine rings is 1. The monoisotopic (exact) mass is 589 g/mol. The van der Waals surface area contributed by atoms with Crippen LogP contribution in [0.15, 0.2) is 77.9 Å². The van der Waals surface area contributed by atoms with Crippen LogP contribution in [0.25, 0.3) is 10.8 Å². The van der Waals surface area contributed by atoms with Crippen LogP contribution in [0, 0.1) is 0 Å². The number of amides is 1. The van der Waals surface area contributed by atoms with Gasteiger partial charge in [-0.15, -0.1) is 0 Å². The fourth-order valence-electron chi connectivity index (χ4n) is 5.15. The molecule has 43 heavy (non-hydrogen) atoms. The molecule has 0 saturated carbocycles. The molecule has 2 aliphatic rings. The minimum Gasteiger partial charge on any atom is -0.490 e. The number of nitrogens with one attached hydrogen (secondary N) is 2. The molecule has 11 heteroatoms. The molecule has 0 unspecified atom stereocenters. The van der Waals surface area contributed by atoms with Gasteiger partial charge in [0, 0.05) is 30.9 Å². The van der Waals surface area contributed by atoms with E-state index in [1.165, 1.54) is 6.07 Å². The molecule has 1 aromatic heterocycles. The fraction of sp³-hybridized carbons (Fsp3) is 0.281. The van der Waals surface area contributed by atoms with Crippen LogP contribution >= 0.6 is 0 Å². The Morgan fingerprint density at radius 2 is 1.77 bits per heavy atom. The third-order valence-electron chi connectivity index (χ3n) is 7.38. The van der Waals surface area contributed by atoms with Crippen molar-refractivity contribution < 1.29 is 27.4 Å². The van der Waals surface area contributed by atoms with E-state index in [9.17, 15) is 18.0 Å². The van der Waals surface area contributed by atoms with Gasteiger partial charge in [0.05, 0.1) is 17.8 Å².